The Labute approximate surface area is 103 Å². The van der Waals surface area contributed by atoms with Crippen molar-refractivity contribution in [2.75, 3.05) is 13.1 Å². The van der Waals surface area contributed by atoms with E-state index in [1.165, 1.54) is 25.8 Å². The van der Waals surface area contributed by atoms with E-state index < -0.39 is 0 Å². The molecule has 0 aromatic carbocycles. The molecule has 0 unspecified atom stereocenters. The Balaban J connectivity index is 4.21. The highest BCUT2D eigenvalue weighted by atomic mass is 15.2. The predicted molar refractivity (Wildman–Crippen MR) is 73.7 cm³/mol. The third kappa shape index (κ3) is 5.86. The second-order valence-corrected chi connectivity index (χ2v) is 5.34. The Morgan fingerprint density at radius 2 is 1.62 bits per heavy atom. The maximum atomic E-state index is 6.40. The van der Waals surface area contributed by atoms with Crippen LogP contribution < -0.4 is 5.73 Å². The van der Waals surface area contributed by atoms with E-state index in [2.05, 4.69) is 39.5 Å². The number of nitrogens with two attached hydrogens (primary N) is 1. The molecular formula is C14H32N2. The number of unbranched alkanes of at least 4 members (excludes halogenated alkanes) is 2. The van der Waals surface area contributed by atoms with Crippen molar-refractivity contribution in [3.8, 4) is 0 Å². The summed E-state index contributed by atoms with van der Waals surface area (Å²) in [5, 5.41) is 0. The van der Waals surface area contributed by atoms with E-state index in [1.807, 2.05) is 0 Å². The van der Waals surface area contributed by atoms with Crippen molar-refractivity contribution in [2.45, 2.75) is 78.3 Å². The molecule has 0 amide bonds. The van der Waals surface area contributed by atoms with Gasteiger partial charge in [-0.25, -0.2) is 0 Å². The molecule has 0 saturated carbocycles. The third-order valence-corrected chi connectivity index (χ3v) is 3.71. The maximum Gasteiger partial charge on any atom is 0.0278 e. The largest absolute Gasteiger partial charge is 0.324 e. The Bertz CT molecular complexity index is 162. The zero-order valence-electron chi connectivity index (χ0n) is 12.1. The lowest BCUT2D eigenvalue weighted by Gasteiger charge is -2.36. The van der Waals surface area contributed by atoms with Crippen molar-refractivity contribution in [3.05, 3.63) is 0 Å². The van der Waals surface area contributed by atoms with Crippen molar-refractivity contribution in [3.63, 3.8) is 0 Å². The molecule has 0 spiro atoms. The second-order valence-electron chi connectivity index (χ2n) is 5.34. The van der Waals surface area contributed by atoms with Gasteiger partial charge in [0.05, 0.1) is 0 Å². The van der Waals surface area contributed by atoms with Crippen LogP contribution in [0.15, 0.2) is 0 Å². The Hall–Kier alpha value is -0.0800. The van der Waals surface area contributed by atoms with Crippen LogP contribution in [0, 0.1) is 0 Å². The van der Waals surface area contributed by atoms with E-state index in [0.29, 0.717) is 6.04 Å². The van der Waals surface area contributed by atoms with Crippen LogP contribution in [0.3, 0.4) is 0 Å². The van der Waals surface area contributed by atoms with Gasteiger partial charge >= 0.3 is 0 Å². The van der Waals surface area contributed by atoms with Crippen LogP contribution in [0.5, 0.6) is 0 Å². The summed E-state index contributed by atoms with van der Waals surface area (Å²) in [4.78, 5) is 2.54. The van der Waals surface area contributed by atoms with Gasteiger partial charge in [-0.1, -0.05) is 33.6 Å². The highest BCUT2D eigenvalue weighted by Crippen LogP contribution is 2.15. The molecular weight excluding hydrogens is 196 g/mol. The van der Waals surface area contributed by atoms with E-state index in [0.717, 1.165) is 19.4 Å². The highest BCUT2D eigenvalue weighted by molar-refractivity contribution is 4.85. The molecule has 0 aromatic rings. The number of nitrogens with zero attached hydrogens (tertiary/aromatic N) is 1. The average molecular weight is 228 g/mol. The topological polar surface area (TPSA) is 29.3 Å². The first-order valence-electron chi connectivity index (χ1n) is 7.02. The van der Waals surface area contributed by atoms with Crippen LogP contribution in [0.25, 0.3) is 0 Å². The summed E-state index contributed by atoms with van der Waals surface area (Å²) in [5.41, 5.74) is 6.41. The van der Waals surface area contributed by atoms with Gasteiger partial charge in [0.15, 0.2) is 0 Å². The van der Waals surface area contributed by atoms with Gasteiger partial charge in [-0.3, -0.25) is 4.90 Å². The Morgan fingerprint density at radius 3 is 2.00 bits per heavy atom. The molecule has 0 aliphatic rings. The number of hydrogen-bond donors (Lipinski definition) is 1. The molecule has 0 aliphatic carbocycles. The van der Waals surface area contributed by atoms with Gasteiger partial charge in [-0.15, -0.1) is 0 Å². The minimum Gasteiger partial charge on any atom is -0.324 e. The molecule has 0 fully saturated rings. The fraction of sp³-hybridized carbons (Fsp3) is 1.00. The number of rotatable bonds is 9. The summed E-state index contributed by atoms with van der Waals surface area (Å²) < 4.78 is 0. The van der Waals surface area contributed by atoms with Crippen LogP contribution in [-0.2, 0) is 0 Å². The van der Waals surface area contributed by atoms with E-state index >= 15 is 0 Å². The molecule has 0 atom stereocenters. The molecule has 2 nitrogen and oxygen atoms in total. The summed E-state index contributed by atoms with van der Waals surface area (Å²) in [6, 6.07) is 0.609. The molecule has 0 radical (unpaired) electrons. The molecule has 0 heterocycles. The van der Waals surface area contributed by atoms with Gasteiger partial charge in [0.1, 0.15) is 0 Å². The van der Waals surface area contributed by atoms with Gasteiger partial charge in [0.2, 0.25) is 0 Å². The molecule has 0 rings (SSSR count). The van der Waals surface area contributed by atoms with Gasteiger partial charge in [0.25, 0.3) is 0 Å². The minimum atomic E-state index is 0.0104. The first-order valence-corrected chi connectivity index (χ1v) is 7.02. The van der Waals surface area contributed by atoms with E-state index in [-0.39, 0.29) is 5.54 Å². The zero-order chi connectivity index (χ0) is 12.6. The normalized spacial score (nSPS) is 12.8. The Morgan fingerprint density at radius 1 is 1.06 bits per heavy atom. The highest BCUT2D eigenvalue weighted by Gasteiger charge is 2.24. The van der Waals surface area contributed by atoms with Crippen LogP contribution in [-0.4, -0.2) is 29.6 Å². The van der Waals surface area contributed by atoms with Crippen LogP contribution in [0.1, 0.15) is 66.7 Å². The monoisotopic (exact) mass is 228 g/mol. The predicted octanol–water partition coefficient (Wildman–Crippen LogP) is 3.40. The van der Waals surface area contributed by atoms with Crippen molar-refractivity contribution < 1.29 is 0 Å². The van der Waals surface area contributed by atoms with E-state index in [4.69, 9.17) is 5.73 Å². The minimum absolute atomic E-state index is 0.0104. The summed E-state index contributed by atoms with van der Waals surface area (Å²) in [6.07, 6.45) is 6.07. The van der Waals surface area contributed by atoms with Crippen LogP contribution >= 0.6 is 0 Å². The lowest BCUT2D eigenvalue weighted by Crippen LogP contribution is -2.51. The summed E-state index contributed by atoms with van der Waals surface area (Å²) in [7, 11) is 0. The van der Waals surface area contributed by atoms with Crippen molar-refractivity contribution >= 4 is 0 Å². The van der Waals surface area contributed by atoms with Gasteiger partial charge < -0.3 is 5.73 Å². The molecule has 0 bridgehead atoms. The average Bonchev–Trinajstić information content (AvgIpc) is 2.27. The SMILES string of the molecule is CCCCCN(CC(N)(CC)CC)C(C)C. The van der Waals surface area contributed by atoms with Crippen LogP contribution in [0.4, 0.5) is 0 Å². The third-order valence-electron chi connectivity index (χ3n) is 3.71. The first-order chi connectivity index (χ1) is 7.49. The maximum absolute atomic E-state index is 6.40. The zero-order valence-corrected chi connectivity index (χ0v) is 12.1. The van der Waals surface area contributed by atoms with E-state index in [9.17, 15) is 0 Å². The molecule has 2 N–H and O–H groups in total. The molecule has 2 heteroatoms. The molecule has 98 valence electrons. The van der Waals surface area contributed by atoms with Crippen molar-refractivity contribution in [1.82, 2.24) is 4.90 Å². The van der Waals surface area contributed by atoms with Gasteiger partial charge in [-0.05, 0) is 39.7 Å². The van der Waals surface area contributed by atoms with Gasteiger partial charge in [-0.2, -0.15) is 0 Å². The van der Waals surface area contributed by atoms with Crippen LogP contribution in [0.2, 0.25) is 0 Å². The molecule has 0 saturated heterocycles. The standard InChI is InChI=1S/C14H32N2/c1-6-9-10-11-16(13(4)5)12-14(15,7-2)8-3/h13H,6-12,15H2,1-5H3. The summed E-state index contributed by atoms with van der Waals surface area (Å²) >= 11 is 0. The fourth-order valence-electron chi connectivity index (χ4n) is 1.96. The van der Waals surface area contributed by atoms with Gasteiger partial charge in [0, 0.05) is 18.1 Å². The quantitative estimate of drug-likeness (QED) is 0.613. The van der Waals surface area contributed by atoms with Crippen molar-refractivity contribution in [2.24, 2.45) is 5.73 Å². The molecule has 0 aliphatic heterocycles. The second kappa shape index (κ2) is 8.08. The first kappa shape index (κ1) is 15.9. The number of hydrogen-bond acceptors (Lipinski definition) is 2. The molecule has 16 heavy (non-hydrogen) atoms. The smallest absolute Gasteiger partial charge is 0.0278 e. The Kier molecular flexibility index (Phi) is 8.04. The fourth-order valence-corrected chi connectivity index (χ4v) is 1.96. The van der Waals surface area contributed by atoms with Crippen molar-refractivity contribution in [1.29, 1.82) is 0 Å². The summed E-state index contributed by atoms with van der Waals surface area (Å²) in [5.74, 6) is 0. The lowest BCUT2D eigenvalue weighted by molar-refractivity contribution is 0.160. The van der Waals surface area contributed by atoms with E-state index in [1.54, 1.807) is 0 Å². The molecule has 0 aromatic heterocycles. The lowest BCUT2D eigenvalue weighted by atomic mass is 9.93. The summed E-state index contributed by atoms with van der Waals surface area (Å²) in [6.45, 7) is 13.5.